The Morgan fingerprint density at radius 2 is 1.93 bits per heavy atom. The zero-order valence-corrected chi connectivity index (χ0v) is 16.0. The van der Waals surface area contributed by atoms with E-state index >= 15 is 0 Å². The molecule has 3 rings (SSSR count). The van der Waals surface area contributed by atoms with Crippen LogP contribution in [0.4, 0.5) is 19.3 Å². The lowest BCUT2D eigenvalue weighted by Gasteiger charge is -2.32. The number of carbonyl (C=O) groups excluding carboxylic acids is 1. The van der Waals surface area contributed by atoms with Crippen LogP contribution in [0.25, 0.3) is 0 Å². The van der Waals surface area contributed by atoms with Crippen molar-refractivity contribution >= 4 is 11.7 Å². The van der Waals surface area contributed by atoms with Gasteiger partial charge in [-0.1, -0.05) is 12.1 Å². The first-order valence-corrected chi connectivity index (χ1v) is 9.86. The number of nitrogens with zero attached hydrogens (tertiary/aromatic N) is 1. The van der Waals surface area contributed by atoms with Crippen molar-refractivity contribution in [3.05, 3.63) is 65.7 Å². The lowest BCUT2D eigenvalue weighted by molar-refractivity contribution is 0.172. The largest absolute Gasteiger partial charge is 0.338 e. The Bertz CT molecular complexity index is 767. The van der Waals surface area contributed by atoms with E-state index in [0.29, 0.717) is 18.2 Å². The Balaban J connectivity index is 1.34. The summed E-state index contributed by atoms with van der Waals surface area (Å²) in [6, 6.07) is 12.3. The molecule has 1 unspecified atom stereocenters. The van der Waals surface area contributed by atoms with Gasteiger partial charge >= 0.3 is 6.03 Å². The third-order valence-electron chi connectivity index (χ3n) is 5.06. The summed E-state index contributed by atoms with van der Waals surface area (Å²) in [6.45, 7) is 3.59. The van der Waals surface area contributed by atoms with Crippen LogP contribution in [0.2, 0.25) is 0 Å². The van der Waals surface area contributed by atoms with E-state index in [0.717, 1.165) is 44.5 Å². The van der Waals surface area contributed by atoms with Crippen molar-refractivity contribution in [1.82, 2.24) is 10.2 Å². The van der Waals surface area contributed by atoms with E-state index in [2.05, 4.69) is 15.5 Å². The standard InChI is InChI=1S/C22H27F2N3O/c23-19-7-9-21(10-8-19)26-22(28)25-11-3-13-27-12-2-5-18(16-27)14-17-4-1-6-20(24)15-17/h1,4,6-10,15,18H,2-3,5,11-14,16H2,(H2,25,26,28). The number of carbonyl (C=O) groups is 1. The second-order valence-corrected chi connectivity index (χ2v) is 7.38. The van der Waals surface area contributed by atoms with E-state index in [1.165, 1.54) is 36.8 Å². The molecule has 1 heterocycles. The minimum atomic E-state index is -0.330. The molecule has 1 saturated heterocycles. The van der Waals surface area contributed by atoms with Crippen LogP contribution in [-0.4, -0.2) is 37.1 Å². The summed E-state index contributed by atoms with van der Waals surface area (Å²) >= 11 is 0. The fourth-order valence-corrected chi connectivity index (χ4v) is 3.73. The number of piperidine rings is 1. The summed E-state index contributed by atoms with van der Waals surface area (Å²) in [5, 5.41) is 5.52. The first kappa shape index (κ1) is 20.3. The summed E-state index contributed by atoms with van der Waals surface area (Å²) in [7, 11) is 0. The van der Waals surface area contributed by atoms with Gasteiger partial charge in [0.25, 0.3) is 0 Å². The van der Waals surface area contributed by atoms with Gasteiger partial charge in [-0.05, 0) is 86.7 Å². The number of likely N-dealkylation sites (tertiary alicyclic amines) is 1. The Hall–Kier alpha value is -2.47. The molecule has 1 atom stereocenters. The molecule has 28 heavy (non-hydrogen) atoms. The third-order valence-corrected chi connectivity index (χ3v) is 5.06. The fraction of sp³-hybridized carbons (Fsp3) is 0.409. The monoisotopic (exact) mass is 387 g/mol. The van der Waals surface area contributed by atoms with E-state index in [-0.39, 0.29) is 17.7 Å². The van der Waals surface area contributed by atoms with Gasteiger partial charge in [0, 0.05) is 18.8 Å². The highest BCUT2D eigenvalue weighted by Crippen LogP contribution is 2.21. The second kappa shape index (κ2) is 10.2. The van der Waals surface area contributed by atoms with Crippen molar-refractivity contribution in [2.24, 2.45) is 5.92 Å². The van der Waals surface area contributed by atoms with E-state index < -0.39 is 0 Å². The quantitative estimate of drug-likeness (QED) is 0.691. The number of halogens is 2. The van der Waals surface area contributed by atoms with Crippen molar-refractivity contribution in [2.75, 3.05) is 31.5 Å². The maximum absolute atomic E-state index is 13.4. The highest BCUT2D eigenvalue weighted by atomic mass is 19.1. The van der Waals surface area contributed by atoms with Crippen molar-refractivity contribution in [3.8, 4) is 0 Å². The second-order valence-electron chi connectivity index (χ2n) is 7.38. The minimum Gasteiger partial charge on any atom is -0.338 e. The van der Waals surface area contributed by atoms with Crippen LogP contribution in [0, 0.1) is 17.6 Å². The molecule has 1 aliphatic rings. The number of anilines is 1. The molecule has 2 amide bonds. The number of rotatable bonds is 7. The SMILES string of the molecule is O=C(NCCCN1CCCC(Cc2cccc(F)c2)C1)Nc1ccc(F)cc1. The van der Waals surface area contributed by atoms with Gasteiger partial charge in [0.2, 0.25) is 0 Å². The lowest BCUT2D eigenvalue weighted by atomic mass is 9.91. The summed E-state index contributed by atoms with van der Waals surface area (Å²) < 4.78 is 26.2. The van der Waals surface area contributed by atoms with Gasteiger partial charge in [-0.2, -0.15) is 0 Å². The molecule has 0 saturated carbocycles. The van der Waals surface area contributed by atoms with Gasteiger partial charge in [0.05, 0.1) is 0 Å². The zero-order chi connectivity index (χ0) is 19.8. The smallest absolute Gasteiger partial charge is 0.319 e. The molecule has 0 aliphatic carbocycles. The van der Waals surface area contributed by atoms with Crippen molar-refractivity contribution in [1.29, 1.82) is 0 Å². The van der Waals surface area contributed by atoms with Gasteiger partial charge < -0.3 is 15.5 Å². The molecule has 2 aromatic rings. The molecular formula is C22H27F2N3O. The van der Waals surface area contributed by atoms with Crippen LogP contribution in [-0.2, 0) is 6.42 Å². The molecule has 1 aliphatic heterocycles. The normalized spacial score (nSPS) is 17.3. The number of hydrogen-bond acceptors (Lipinski definition) is 2. The van der Waals surface area contributed by atoms with Gasteiger partial charge in [0.15, 0.2) is 0 Å². The Kier molecular flexibility index (Phi) is 7.37. The average Bonchev–Trinajstić information content (AvgIpc) is 2.67. The molecule has 0 bridgehead atoms. The molecule has 2 N–H and O–H groups in total. The molecule has 2 aromatic carbocycles. The van der Waals surface area contributed by atoms with Crippen LogP contribution >= 0.6 is 0 Å². The van der Waals surface area contributed by atoms with E-state index in [9.17, 15) is 13.6 Å². The number of hydrogen-bond donors (Lipinski definition) is 2. The molecule has 0 radical (unpaired) electrons. The van der Waals surface area contributed by atoms with Crippen LogP contribution in [0.1, 0.15) is 24.8 Å². The highest BCUT2D eigenvalue weighted by Gasteiger charge is 2.20. The molecule has 0 spiro atoms. The zero-order valence-electron chi connectivity index (χ0n) is 16.0. The predicted molar refractivity (Wildman–Crippen MR) is 107 cm³/mol. The predicted octanol–water partition coefficient (Wildman–Crippen LogP) is 4.43. The van der Waals surface area contributed by atoms with Gasteiger partial charge in [-0.15, -0.1) is 0 Å². The first-order chi connectivity index (χ1) is 13.6. The van der Waals surface area contributed by atoms with E-state index in [4.69, 9.17) is 0 Å². The molecule has 4 nitrogen and oxygen atoms in total. The van der Waals surface area contributed by atoms with Crippen molar-refractivity contribution < 1.29 is 13.6 Å². The fourth-order valence-electron chi connectivity index (χ4n) is 3.73. The summed E-state index contributed by atoms with van der Waals surface area (Å²) in [5.41, 5.74) is 1.63. The number of nitrogens with one attached hydrogen (secondary N) is 2. The Labute approximate surface area is 164 Å². The van der Waals surface area contributed by atoms with Crippen molar-refractivity contribution in [3.63, 3.8) is 0 Å². The summed E-state index contributed by atoms with van der Waals surface area (Å²) in [5.74, 6) is 0.0450. The van der Waals surface area contributed by atoms with Gasteiger partial charge in [-0.3, -0.25) is 0 Å². The molecule has 6 heteroatoms. The average molecular weight is 387 g/mol. The number of benzene rings is 2. The first-order valence-electron chi connectivity index (χ1n) is 9.86. The van der Waals surface area contributed by atoms with E-state index in [1.54, 1.807) is 12.1 Å². The van der Waals surface area contributed by atoms with Crippen LogP contribution in [0.5, 0.6) is 0 Å². The van der Waals surface area contributed by atoms with Gasteiger partial charge in [0.1, 0.15) is 11.6 Å². The Morgan fingerprint density at radius 3 is 2.71 bits per heavy atom. The minimum absolute atomic E-state index is 0.171. The number of urea groups is 1. The van der Waals surface area contributed by atoms with Crippen molar-refractivity contribution in [2.45, 2.75) is 25.7 Å². The van der Waals surface area contributed by atoms with E-state index in [1.807, 2.05) is 6.07 Å². The third kappa shape index (κ3) is 6.60. The highest BCUT2D eigenvalue weighted by molar-refractivity contribution is 5.89. The van der Waals surface area contributed by atoms with Crippen LogP contribution < -0.4 is 10.6 Å². The molecular weight excluding hydrogens is 360 g/mol. The molecule has 0 aromatic heterocycles. The lowest BCUT2D eigenvalue weighted by Crippen LogP contribution is -2.38. The Morgan fingerprint density at radius 1 is 1.11 bits per heavy atom. The summed E-state index contributed by atoms with van der Waals surface area (Å²) in [6.07, 6.45) is 4.10. The van der Waals surface area contributed by atoms with Crippen LogP contribution in [0.15, 0.2) is 48.5 Å². The topological polar surface area (TPSA) is 44.4 Å². The number of amides is 2. The molecule has 1 fully saturated rings. The molecule has 150 valence electrons. The van der Waals surface area contributed by atoms with Crippen LogP contribution in [0.3, 0.4) is 0 Å². The van der Waals surface area contributed by atoms with Gasteiger partial charge in [-0.25, -0.2) is 13.6 Å². The maximum atomic E-state index is 13.4. The summed E-state index contributed by atoms with van der Waals surface area (Å²) in [4.78, 5) is 14.3. The maximum Gasteiger partial charge on any atom is 0.319 e.